The van der Waals surface area contributed by atoms with Crippen molar-refractivity contribution in [1.82, 2.24) is 25.8 Å². The number of ether oxygens (including phenoxy) is 1. The van der Waals surface area contributed by atoms with Gasteiger partial charge in [0.05, 0.1) is 31.3 Å². The molecule has 3 aliphatic heterocycles. The average molecular weight is 480 g/mol. The van der Waals surface area contributed by atoms with E-state index < -0.39 is 0 Å². The zero-order valence-electron chi connectivity index (χ0n) is 19.1. The molecule has 3 N–H and O–H groups in total. The van der Waals surface area contributed by atoms with Crippen LogP contribution in [0.1, 0.15) is 24.1 Å². The van der Waals surface area contributed by atoms with Gasteiger partial charge in [-0.1, -0.05) is 18.2 Å². The average Bonchev–Trinajstić information content (AvgIpc) is 3.33. The molecule has 0 spiro atoms. The summed E-state index contributed by atoms with van der Waals surface area (Å²) >= 11 is 1.54. The summed E-state index contributed by atoms with van der Waals surface area (Å²) in [5.74, 6) is 0.720. The van der Waals surface area contributed by atoms with Crippen LogP contribution in [0.5, 0.6) is 5.75 Å². The Balaban J connectivity index is 1.24. The lowest BCUT2D eigenvalue weighted by Crippen LogP contribution is -2.69. The molecule has 5 rings (SSSR count). The Labute approximate surface area is 203 Å². The summed E-state index contributed by atoms with van der Waals surface area (Å²) in [6, 6.07) is 13.5. The highest BCUT2D eigenvalue weighted by Crippen LogP contribution is 2.39. The third-order valence-corrected chi connectivity index (χ3v) is 7.79. The summed E-state index contributed by atoms with van der Waals surface area (Å²) in [5, 5.41) is 11.6. The molecule has 178 valence electrons. The van der Waals surface area contributed by atoms with Crippen molar-refractivity contribution in [3.63, 3.8) is 0 Å². The van der Waals surface area contributed by atoms with Gasteiger partial charge in [0.25, 0.3) is 0 Å². The predicted molar refractivity (Wildman–Crippen MR) is 132 cm³/mol. The first kappa shape index (κ1) is 22.9. The topological polar surface area (TPSA) is 95.6 Å². The molecule has 2 amide bonds. The predicted octanol–water partition coefficient (Wildman–Crippen LogP) is 1.95. The van der Waals surface area contributed by atoms with Crippen molar-refractivity contribution < 1.29 is 14.3 Å². The van der Waals surface area contributed by atoms with E-state index in [4.69, 9.17) is 4.74 Å². The summed E-state index contributed by atoms with van der Waals surface area (Å²) in [5.41, 5.74) is 2.98. The van der Waals surface area contributed by atoms with Crippen LogP contribution in [0, 0.1) is 5.92 Å². The number of carbonyl (C=O) groups excluding carboxylic acids is 2. The Kier molecular flexibility index (Phi) is 6.85. The smallest absolute Gasteiger partial charge is 0.237 e. The van der Waals surface area contributed by atoms with Crippen molar-refractivity contribution in [2.24, 2.45) is 5.92 Å². The van der Waals surface area contributed by atoms with Gasteiger partial charge in [0.1, 0.15) is 17.3 Å². The van der Waals surface area contributed by atoms with Gasteiger partial charge in [0.2, 0.25) is 11.8 Å². The molecule has 4 heterocycles. The summed E-state index contributed by atoms with van der Waals surface area (Å²) in [6.07, 6.45) is 3.15. The molecule has 0 saturated carbocycles. The van der Waals surface area contributed by atoms with Crippen molar-refractivity contribution >= 4 is 29.1 Å². The minimum atomic E-state index is -0.312. The highest BCUT2D eigenvalue weighted by Gasteiger charge is 2.44. The molecule has 8 nitrogen and oxygen atoms in total. The third kappa shape index (κ3) is 4.82. The molecule has 4 atom stereocenters. The molecule has 1 aromatic carbocycles. The number of hydrogen-bond donors (Lipinski definition) is 3. The maximum absolute atomic E-state index is 13.0. The highest BCUT2D eigenvalue weighted by molar-refractivity contribution is 8.04. The van der Waals surface area contributed by atoms with Gasteiger partial charge in [-0.3, -0.25) is 24.8 Å². The quantitative estimate of drug-likeness (QED) is 0.583. The molecule has 2 fully saturated rings. The number of hydrogen-bond acceptors (Lipinski definition) is 7. The Morgan fingerprint density at radius 1 is 1.29 bits per heavy atom. The number of thioether (sulfide) groups is 1. The second-order valence-electron chi connectivity index (χ2n) is 8.79. The van der Waals surface area contributed by atoms with Crippen LogP contribution in [0.3, 0.4) is 0 Å². The van der Waals surface area contributed by atoms with Gasteiger partial charge in [-0.15, -0.1) is 11.8 Å². The van der Waals surface area contributed by atoms with E-state index in [2.05, 4.69) is 31.2 Å². The molecule has 9 heteroatoms. The van der Waals surface area contributed by atoms with Crippen molar-refractivity contribution in [2.45, 2.75) is 37.0 Å². The molecule has 4 unspecified atom stereocenters. The maximum Gasteiger partial charge on any atom is 0.237 e. The Morgan fingerprint density at radius 2 is 2.21 bits per heavy atom. The number of nitrogens with one attached hydrogen (secondary N) is 3. The number of aromatic nitrogens is 1. The monoisotopic (exact) mass is 479 g/mol. The molecular weight excluding hydrogens is 450 g/mol. The van der Waals surface area contributed by atoms with Crippen molar-refractivity contribution in [3.05, 3.63) is 65.3 Å². The second-order valence-corrected chi connectivity index (χ2v) is 9.81. The standard InChI is InChI=1S/C25H29N5O3S/c1-33-19-9-4-6-16(12-19)20-15-34-22-21(20)28-25(29-24(22)32)30-11-5-7-17(14-30)23(31)27-13-18-8-2-3-10-26-18/h2-4,6,8-10,12,15,17,21-22,25,28H,5,7,11,13-14H2,1H3,(H,27,31)(H,29,32). The second kappa shape index (κ2) is 10.2. The van der Waals surface area contributed by atoms with Crippen LogP contribution >= 0.6 is 11.8 Å². The zero-order valence-corrected chi connectivity index (χ0v) is 19.9. The SMILES string of the molecule is COc1cccc(C2=CSC3C(=O)NC(N4CCCC(C(=O)NCc5ccccn5)C4)NC23)c1. The van der Waals surface area contributed by atoms with E-state index in [0.717, 1.165) is 42.0 Å². The normalized spacial score (nSPS) is 26.9. The van der Waals surface area contributed by atoms with Crippen LogP contribution in [0.2, 0.25) is 0 Å². The fourth-order valence-electron chi connectivity index (χ4n) is 4.81. The van der Waals surface area contributed by atoms with Crippen LogP contribution in [-0.2, 0) is 16.1 Å². The summed E-state index contributed by atoms with van der Waals surface area (Å²) in [7, 11) is 1.65. The summed E-state index contributed by atoms with van der Waals surface area (Å²) in [6.45, 7) is 1.84. The van der Waals surface area contributed by atoms with E-state index >= 15 is 0 Å². The van der Waals surface area contributed by atoms with E-state index in [1.54, 1.807) is 25.1 Å². The first-order valence-electron chi connectivity index (χ1n) is 11.6. The molecule has 2 aromatic rings. The number of piperidine rings is 1. The van der Waals surface area contributed by atoms with E-state index in [-0.39, 0.29) is 35.3 Å². The number of rotatable bonds is 6. The van der Waals surface area contributed by atoms with E-state index in [9.17, 15) is 9.59 Å². The number of amides is 2. The number of carbonyl (C=O) groups is 2. The van der Waals surface area contributed by atoms with Crippen LogP contribution in [0.4, 0.5) is 0 Å². The maximum atomic E-state index is 13.0. The van der Waals surface area contributed by atoms with Crippen LogP contribution in [-0.4, -0.2) is 59.5 Å². The lowest BCUT2D eigenvalue weighted by atomic mass is 9.94. The van der Waals surface area contributed by atoms with Gasteiger partial charge >= 0.3 is 0 Å². The van der Waals surface area contributed by atoms with Gasteiger partial charge in [0, 0.05) is 19.3 Å². The van der Waals surface area contributed by atoms with E-state index in [1.807, 2.05) is 42.5 Å². The molecule has 0 bridgehead atoms. The molecule has 0 radical (unpaired) electrons. The fraction of sp³-hybridized carbons (Fsp3) is 0.400. The number of fused-ring (bicyclic) bond motifs is 1. The molecule has 3 aliphatic rings. The van der Waals surface area contributed by atoms with Gasteiger partial charge in [-0.25, -0.2) is 0 Å². The van der Waals surface area contributed by atoms with Crippen molar-refractivity contribution in [3.8, 4) is 5.75 Å². The molecule has 2 saturated heterocycles. The van der Waals surface area contributed by atoms with Crippen molar-refractivity contribution in [2.75, 3.05) is 20.2 Å². The Morgan fingerprint density at radius 3 is 3.03 bits per heavy atom. The molecule has 0 aliphatic carbocycles. The molecule has 34 heavy (non-hydrogen) atoms. The fourth-order valence-corrected chi connectivity index (χ4v) is 5.96. The lowest BCUT2D eigenvalue weighted by molar-refractivity contribution is -0.129. The van der Waals surface area contributed by atoms with Gasteiger partial charge in [-0.2, -0.15) is 0 Å². The third-order valence-electron chi connectivity index (χ3n) is 6.62. The van der Waals surface area contributed by atoms with Gasteiger partial charge < -0.3 is 15.4 Å². The van der Waals surface area contributed by atoms with Crippen molar-refractivity contribution in [1.29, 1.82) is 0 Å². The van der Waals surface area contributed by atoms with Crippen LogP contribution < -0.4 is 20.7 Å². The Hall–Kier alpha value is -2.88. The van der Waals surface area contributed by atoms with Gasteiger partial charge in [0.15, 0.2) is 0 Å². The summed E-state index contributed by atoms with van der Waals surface area (Å²) < 4.78 is 5.39. The van der Waals surface area contributed by atoms with E-state index in [0.29, 0.717) is 13.1 Å². The van der Waals surface area contributed by atoms with Crippen LogP contribution in [0.25, 0.3) is 5.57 Å². The number of likely N-dealkylation sites (tertiary alicyclic amines) is 1. The number of nitrogens with zero attached hydrogens (tertiary/aromatic N) is 2. The largest absolute Gasteiger partial charge is 0.497 e. The first-order chi connectivity index (χ1) is 16.6. The molecule has 1 aromatic heterocycles. The number of benzene rings is 1. The first-order valence-corrected chi connectivity index (χ1v) is 12.5. The highest BCUT2D eigenvalue weighted by atomic mass is 32.2. The number of methoxy groups -OCH3 is 1. The minimum absolute atomic E-state index is 0.0228. The zero-order chi connectivity index (χ0) is 23.5. The number of pyridine rings is 1. The Bertz CT molecular complexity index is 1080. The summed E-state index contributed by atoms with van der Waals surface area (Å²) in [4.78, 5) is 32.3. The van der Waals surface area contributed by atoms with Crippen LogP contribution in [0.15, 0.2) is 54.1 Å². The minimum Gasteiger partial charge on any atom is -0.497 e. The van der Waals surface area contributed by atoms with Gasteiger partial charge in [-0.05, 0) is 53.7 Å². The van der Waals surface area contributed by atoms with E-state index in [1.165, 1.54) is 0 Å². The molecular formula is C25H29N5O3S. The lowest BCUT2D eigenvalue weighted by Gasteiger charge is -2.43.